The molecule has 0 aromatic rings. The number of carbonyl (C=O) groups is 1. The Balaban J connectivity index is 1.94. The number of likely N-dealkylation sites (N-methyl/N-ethyl adjacent to an activating group) is 1. The number of rotatable bonds is 2. The van der Waals surface area contributed by atoms with Crippen molar-refractivity contribution in [3.63, 3.8) is 0 Å². The van der Waals surface area contributed by atoms with E-state index in [9.17, 15) is 4.79 Å². The predicted octanol–water partition coefficient (Wildman–Crippen LogP) is 1.16. The van der Waals surface area contributed by atoms with Gasteiger partial charge in [0.05, 0.1) is 0 Å². The van der Waals surface area contributed by atoms with Gasteiger partial charge in [0.2, 0.25) is 5.91 Å². The van der Waals surface area contributed by atoms with Crippen molar-refractivity contribution < 1.29 is 4.79 Å². The predicted molar refractivity (Wildman–Crippen MR) is 77.7 cm³/mol. The van der Waals surface area contributed by atoms with E-state index in [4.69, 9.17) is 5.73 Å². The lowest BCUT2D eigenvalue weighted by atomic mass is 9.79. The second-order valence-electron chi connectivity index (χ2n) is 6.90. The van der Waals surface area contributed by atoms with Gasteiger partial charge in [0, 0.05) is 31.1 Å². The molecule has 19 heavy (non-hydrogen) atoms. The summed E-state index contributed by atoms with van der Waals surface area (Å²) in [6.45, 7) is 6.23. The maximum absolute atomic E-state index is 12.6. The van der Waals surface area contributed by atoms with Crippen LogP contribution in [0.1, 0.15) is 33.1 Å². The average Bonchev–Trinajstić information content (AvgIpc) is 2.74. The molecule has 1 saturated heterocycles. The molecule has 110 valence electrons. The molecular formula is C15H29N3O. The molecule has 2 fully saturated rings. The maximum atomic E-state index is 12.6. The Labute approximate surface area is 117 Å². The first-order chi connectivity index (χ1) is 8.90. The fourth-order valence-corrected chi connectivity index (χ4v) is 3.64. The minimum absolute atomic E-state index is 0.166. The molecule has 5 unspecified atom stereocenters. The van der Waals surface area contributed by atoms with Crippen LogP contribution in [0.15, 0.2) is 0 Å². The molecule has 0 spiro atoms. The zero-order chi connectivity index (χ0) is 14.2. The number of carbonyl (C=O) groups excluding carboxylic acids is 1. The van der Waals surface area contributed by atoms with Gasteiger partial charge in [0.15, 0.2) is 0 Å². The van der Waals surface area contributed by atoms with E-state index in [2.05, 4.69) is 37.7 Å². The van der Waals surface area contributed by atoms with Crippen LogP contribution in [-0.2, 0) is 4.79 Å². The van der Waals surface area contributed by atoms with Crippen molar-refractivity contribution in [2.24, 2.45) is 23.5 Å². The van der Waals surface area contributed by atoms with E-state index in [0.717, 1.165) is 32.4 Å². The summed E-state index contributed by atoms with van der Waals surface area (Å²) in [6, 6.07) is 0.701. The summed E-state index contributed by atoms with van der Waals surface area (Å²) in [5.74, 6) is 1.64. The molecule has 0 aromatic carbocycles. The van der Waals surface area contributed by atoms with Crippen LogP contribution in [0.3, 0.4) is 0 Å². The third-order valence-corrected chi connectivity index (χ3v) is 5.15. The van der Waals surface area contributed by atoms with E-state index in [1.54, 1.807) is 0 Å². The Morgan fingerprint density at radius 1 is 1.16 bits per heavy atom. The first kappa shape index (κ1) is 14.8. The van der Waals surface area contributed by atoms with Crippen LogP contribution in [0.25, 0.3) is 0 Å². The minimum Gasteiger partial charge on any atom is -0.341 e. The second kappa shape index (κ2) is 5.80. The molecule has 1 heterocycles. The highest BCUT2D eigenvalue weighted by molar-refractivity contribution is 5.79. The fraction of sp³-hybridized carbons (Fsp3) is 0.933. The largest absolute Gasteiger partial charge is 0.341 e. The first-order valence-electron chi connectivity index (χ1n) is 7.61. The van der Waals surface area contributed by atoms with Gasteiger partial charge >= 0.3 is 0 Å². The highest BCUT2D eigenvalue weighted by Gasteiger charge is 2.38. The molecule has 1 amide bonds. The summed E-state index contributed by atoms with van der Waals surface area (Å²) in [5.41, 5.74) is 6.13. The van der Waals surface area contributed by atoms with Crippen LogP contribution in [0, 0.1) is 17.8 Å². The van der Waals surface area contributed by atoms with Crippen molar-refractivity contribution in [1.29, 1.82) is 0 Å². The number of nitrogens with zero attached hydrogens (tertiary/aromatic N) is 2. The fourth-order valence-electron chi connectivity index (χ4n) is 3.64. The number of likely N-dealkylation sites (tertiary alicyclic amines) is 1. The van der Waals surface area contributed by atoms with Crippen molar-refractivity contribution in [2.75, 3.05) is 27.2 Å². The lowest BCUT2D eigenvalue weighted by Gasteiger charge is -2.33. The SMILES string of the molecule is CC1CCC(C(=O)N2CC(C)C(N(C)C)C2)CC1N. The van der Waals surface area contributed by atoms with E-state index in [1.807, 2.05) is 0 Å². The molecule has 4 heteroatoms. The normalized spacial score (nSPS) is 39.9. The van der Waals surface area contributed by atoms with Gasteiger partial charge in [-0.05, 0) is 45.2 Å². The third-order valence-electron chi connectivity index (χ3n) is 5.15. The molecular weight excluding hydrogens is 238 g/mol. The zero-order valence-corrected chi connectivity index (χ0v) is 12.8. The van der Waals surface area contributed by atoms with Gasteiger partial charge in [0.25, 0.3) is 0 Å². The maximum Gasteiger partial charge on any atom is 0.225 e. The van der Waals surface area contributed by atoms with Crippen molar-refractivity contribution >= 4 is 5.91 Å². The van der Waals surface area contributed by atoms with E-state index < -0.39 is 0 Å². The summed E-state index contributed by atoms with van der Waals surface area (Å²) < 4.78 is 0. The molecule has 0 aromatic heterocycles. The minimum atomic E-state index is 0.166. The van der Waals surface area contributed by atoms with Gasteiger partial charge in [-0.1, -0.05) is 13.8 Å². The lowest BCUT2D eigenvalue weighted by Crippen LogP contribution is -2.43. The van der Waals surface area contributed by atoms with E-state index in [-0.39, 0.29) is 12.0 Å². The van der Waals surface area contributed by atoms with Crippen molar-refractivity contribution in [2.45, 2.75) is 45.2 Å². The third kappa shape index (κ3) is 3.11. The van der Waals surface area contributed by atoms with Gasteiger partial charge in [-0.25, -0.2) is 0 Å². The summed E-state index contributed by atoms with van der Waals surface area (Å²) in [7, 11) is 4.21. The monoisotopic (exact) mass is 267 g/mol. The molecule has 4 nitrogen and oxygen atoms in total. The molecule has 2 rings (SSSR count). The van der Waals surface area contributed by atoms with Crippen molar-refractivity contribution in [3.05, 3.63) is 0 Å². The summed E-state index contributed by atoms with van der Waals surface area (Å²) in [4.78, 5) is 16.9. The highest BCUT2D eigenvalue weighted by atomic mass is 16.2. The Bertz CT molecular complexity index is 331. The molecule has 0 radical (unpaired) electrons. The number of amides is 1. The summed E-state index contributed by atoms with van der Waals surface area (Å²) in [5, 5.41) is 0. The van der Waals surface area contributed by atoms with Crippen LogP contribution in [0.2, 0.25) is 0 Å². The van der Waals surface area contributed by atoms with Crippen molar-refractivity contribution in [1.82, 2.24) is 9.80 Å². The second-order valence-corrected chi connectivity index (χ2v) is 6.90. The Hall–Kier alpha value is -0.610. The first-order valence-corrected chi connectivity index (χ1v) is 7.61. The van der Waals surface area contributed by atoms with Crippen LogP contribution in [0.4, 0.5) is 0 Å². The standard InChI is InChI=1S/C15H29N3O/c1-10-5-6-12(7-13(10)16)15(19)18-8-11(2)14(9-18)17(3)4/h10-14H,5-9,16H2,1-4H3. The smallest absolute Gasteiger partial charge is 0.225 e. The number of hydrogen-bond donors (Lipinski definition) is 1. The average molecular weight is 267 g/mol. The molecule has 2 N–H and O–H groups in total. The number of nitrogens with two attached hydrogens (primary N) is 1. The Kier molecular flexibility index (Phi) is 4.51. The molecule has 1 aliphatic heterocycles. The van der Waals surface area contributed by atoms with E-state index in [1.165, 1.54) is 0 Å². The van der Waals surface area contributed by atoms with Gasteiger partial charge in [-0.15, -0.1) is 0 Å². The van der Waals surface area contributed by atoms with Gasteiger partial charge < -0.3 is 15.5 Å². The Morgan fingerprint density at radius 2 is 1.84 bits per heavy atom. The lowest BCUT2D eigenvalue weighted by molar-refractivity contribution is -0.136. The van der Waals surface area contributed by atoms with Crippen LogP contribution in [0.5, 0.6) is 0 Å². The quantitative estimate of drug-likeness (QED) is 0.817. The summed E-state index contributed by atoms with van der Waals surface area (Å²) >= 11 is 0. The van der Waals surface area contributed by atoms with Gasteiger partial charge in [-0.2, -0.15) is 0 Å². The van der Waals surface area contributed by atoms with Gasteiger partial charge in [-0.3, -0.25) is 4.79 Å². The van der Waals surface area contributed by atoms with Crippen LogP contribution < -0.4 is 5.73 Å². The topological polar surface area (TPSA) is 49.6 Å². The number of hydrogen-bond acceptors (Lipinski definition) is 3. The van der Waals surface area contributed by atoms with Crippen LogP contribution in [-0.4, -0.2) is 55.0 Å². The zero-order valence-electron chi connectivity index (χ0n) is 12.8. The molecule has 2 aliphatic rings. The molecule has 5 atom stereocenters. The Morgan fingerprint density at radius 3 is 2.37 bits per heavy atom. The molecule has 1 aliphatic carbocycles. The highest BCUT2D eigenvalue weighted by Crippen LogP contribution is 2.31. The molecule has 0 bridgehead atoms. The van der Waals surface area contributed by atoms with Crippen molar-refractivity contribution in [3.8, 4) is 0 Å². The van der Waals surface area contributed by atoms with Gasteiger partial charge in [0.1, 0.15) is 0 Å². The van der Waals surface area contributed by atoms with E-state index in [0.29, 0.717) is 23.8 Å². The van der Waals surface area contributed by atoms with E-state index >= 15 is 0 Å². The summed E-state index contributed by atoms with van der Waals surface area (Å²) in [6.07, 6.45) is 2.99. The molecule has 1 saturated carbocycles. The van der Waals surface area contributed by atoms with Crippen LogP contribution >= 0.6 is 0 Å².